The lowest BCUT2D eigenvalue weighted by Gasteiger charge is -2.26. The Labute approximate surface area is 186 Å². The summed E-state index contributed by atoms with van der Waals surface area (Å²) in [6.07, 6.45) is 5.10. The summed E-state index contributed by atoms with van der Waals surface area (Å²) >= 11 is 1.56. The summed E-state index contributed by atoms with van der Waals surface area (Å²) in [5, 5.41) is 3.86. The number of hydrogen-bond acceptors (Lipinski definition) is 4. The predicted molar refractivity (Wildman–Crippen MR) is 122 cm³/mol. The number of nitrogens with one attached hydrogen (secondary N) is 1. The highest BCUT2D eigenvalue weighted by Gasteiger charge is 2.18. The van der Waals surface area contributed by atoms with Gasteiger partial charge in [-0.1, -0.05) is 30.0 Å². The van der Waals surface area contributed by atoms with Crippen LogP contribution in [-0.2, 0) is 6.54 Å². The SMILES string of the molecule is O=C(NCc1cccc(C(=O)N2CCCCC2)c1)c1ccc(Sc2ccccn2)cc1. The maximum Gasteiger partial charge on any atom is 0.253 e. The van der Waals surface area contributed by atoms with Crippen LogP contribution in [-0.4, -0.2) is 34.8 Å². The lowest BCUT2D eigenvalue weighted by molar-refractivity contribution is 0.0724. The van der Waals surface area contributed by atoms with Crippen molar-refractivity contribution in [1.82, 2.24) is 15.2 Å². The Morgan fingerprint density at radius 1 is 0.903 bits per heavy atom. The van der Waals surface area contributed by atoms with Crippen molar-refractivity contribution in [3.63, 3.8) is 0 Å². The summed E-state index contributed by atoms with van der Waals surface area (Å²) in [6, 6.07) is 20.8. The van der Waals surface area contributed by atoms with E-state index in [4.69, 9.17) is 0 Å². The maximum atomic E-state index is 12.7. The number of likely N-dealkylation sites (tertiary alicyclic amines) is 1. The van der Waals surface area contributed by atoms with E-state index in [0.717, 1.165) is 41.4 Å². The van der Waals surface area contributed by atoms with Crippen LogP contribution in [0.4, 0.5) is 0 Å². The molecule has 0 spiro atoms. The second-order valence-corrected chi connectivity index (χ2v) is 8.62. The lowest BCUT2D eigenvalue weighted by Crippen LogP contribution is -2.35. The number of aromatic nitrogens is 1. The average molecular weight is 432 g/mol. The van der Waals surface area contributed by atoms with E-state index in [2.05, 4.69) is 10.3 Å². The Bertz CT molecular complexity index is 1030. The number of amides is 2. The van der Waals surface area contributed by atoms with Gasteiger partial charge >= 0.3 is 0 Å². The van der Waals surface area contributed by atoms with Gasteiger partial charge < -0.3 is 10.2 Å². The molecule has 0 saturated carbocycles. The van der Waals surface area contributed by atoms with E-state index in [1.165, 1.54) is 6.42 Å². The van der Waals surface area contributed by atoms with E-state index in [0.29, 0.717) is 17.7 Å². The first-order valence-corrected chi connectivity index (χ1v) is 11.4. The first-order valence-electron chi connectivity index (χ1n) is 10.5. The Morgan fingerprint density at radius 2 is 1.71 bits per heavy atom. The van der Waals surface area contributed by atoms with E-state index in [9.17, 15) is 9.59 Å². The van der Waals surface area contributed by atoms with Crippen LogP contribution in [0.25, 0.3) is 0 Å². The Kier molecular flexibility index (Phi) is 6.99. The number of piperidine rings is 1. The lowest BCUT2D eigenvalue weighted by atomic mass is 10.1. The molecule has 1 fully saturated rings. The van der Waals surface area contributed by atoms with Gasteiger partial charge in [0.25, 0.3) is 11.8 Å². The molecule has 2 heterocycles. The second-order valence-electron chi connectivity index (χ2n) is 7.53. The van der Waals surface area contributed by atoms with Crippen LogP contribution in [0.3, 0.4) is 0 Å². The van der Waals surface area contributed by atoms with Gasteiger partial charge in [-0.05, 0) is 73.4 Å². The Balaban J connectivity index is 1.33. The molecule has 1 aliphatic rings. The monoisotopic (exact) mass is 431 g/mol. The van der Waals surface area contributed by atoms with Gasteiger partial charge in [-0.25, -0.2) is 4.98 Å². The third kappa shape index (κ3) is 5.73. The Hall–Kier alpha value is -3.12. The molecule has 6 heteroatoms. The van der Waals surface area contributed by atoms with Gasteiger partial charge in [0.2, 0.25) is 0 Å². The fourth-order valence-corrected chi connectivity index (χ4v) is 4.35. The van der Waals surface area contributed by atoms with Crippen LogP contribution in [0.1, 0.15) is 45.5 Å². The fourth-order valence-electron chi connectivity index (χ4n) is 3.58. The molecule has 1 aromatic heterocycles. The van der Waals surface area contributed by atoms with Crippen LogP contribution < -0.4 is 5.32 Å². The van der Waals surface area contributed by atoms with Crippen molar-refractivity contribution >= 4 is 23.6 Å². The standard InChI is InChI=1S/C25H25N3O2S/c29-24(20-10-12-22(13-11-20)31-23-9-2-3-14-26-23)27-18-19-7-6-8-21(17-19)25(30)28-15-4-1-5-16-28/h2-3,6-14,17H,1,4-5,15-16,18H2,(H,27,29). The zero-order valence-electron chi connectivity index (χ0n) is 17.3. The summed E-state index contributed by atoms with van der Waals surface area (Å²) in [6.45, 7) is 2.03. The molecule has 5 nitrogen and oxygen atoms in total. The minimum absolute atomic E-state index is 0.0777. The van der Waals surface area contributed by atoms with E-state index in [1.807, 2.05) is 71.6 Å². The largest absolute Gasteiger partial charge is 0.348 e. The van der Waals surface area contributed by atoms with Crippen molar-refractivity contribution in [2.45, 2.75) is 35.7 Å². The zero-order chi connectivity index (χ0) is 21.5. The molecular formula is C25H25N3O2S. The molecule has 0 unspecified atom stereocenters. The summed E-state index contributed by atoms with van der Waals surface area (Å²) < 4.78 is 0. The summed E-state index contributed by atoms with van der Waals surface area (Å²) in [5.74, 6) is -0.0592. The highest BCUT2D eigenvalue weighted by Crippen LogP contribution is 2.25. The van der Waals surface area contributed by atoms with Gasteiger partial charge in [0, 0.05) is 41.9 Å². The van der Waals surface area contributed by atoms with Crippen LogP contribution in [0.15, 0.2) is 82.8 Å². The van der Waals surface area contributed by atoms with Gasteiger partial charge in [0.15, 0.2) is 0 Å². The first kappa shape index (κ1) is 21.1. The number of benzene rings is 2. The summed E-state index contributed by atoms with van der Waals surface area (Å²) in [5.41, 5.74) is 2.20. The van der Waals surface area contributed by atoms with Crippen molar-refractivity contribution in [2.24, 2.45) is 0 Å². The van der Waals surface area contributed by atoms with Crippen molar-refractivity contribution in [3.05, 3.63) is 89.6 Å². The van der Waals surface area contributed by atoms with Crippen molar-refractivity contribution < 1.29 is 9.59 Å². The number of pyridine rings is 1. The van der Waals surface area contributed by atoms with E-state index < -0.39 is 0 Å². The van der Waals surface area contributed by atoms with E-state index >= 15 is 0 Å². The van der Waals surface area contributed by atoms with Gasteiger partial charge in [-0.2, -0.15) is 0 Å². The molecule has 3 aromatic rings. The third-order valence-electron chi connectivity index (χ3n) is 5.25. The zero-order valence-corrected chi connectivity index (χ0v) is 18.1. The molecule has 1 aliphatic heterocycles. The van der Waals surface area contributed by atoms with Gasteiger partial charge in [0.05, 0.1) is 0 Å². The molecule has 2 amide bonds. The number of hydrogen-bond donors (Lipinski definition) is 1. The number of carbonyl (C=O) groups is 2. The minimum atomic E-state index is -0.137. The molecule has 4 rings (SSSR count). The van der Waals surface area contributed by atoms with Crippen LogP contribution in [0.2, 0.25) is 0 Å². The van der Waals surface area contributed by atoms with Crippen LogP contribution in [0.5, 0.6) is 0 Å². The second kappa shape index (κ2) is 10.3. The fraction of sp³-hybridized carbons (Fsp3) is 0.240. The third-order valence-corrected chi connectivity index (χ3v) is 6.21. The van der Waals surface area contributed by atoms with Gasteiger partial charge in [0.1, 0.15) is 5.03 Å². The smallest absolute Gasteiger partial charge is 0.253 e. The minimum Gasteiger partial charge on any atom is -0.348 e. The highest BCUT2D eigenvalue weighted by atomic mass is 32.2. The van der Waals surface area contributed by atoms with E-state index in [1.54, 1.807) is 18.0 Å². The highest BCUT2D eigenvalue weighted by molar-refractivity contribution is 7.99. The molecule has 0 atom stereocenters. The number of nitrogens with zero attached hydrogens (tertiary/aromatic N) is 2. The van der Waals surface area contributed by atoms with Crippen molar-refractivity contribution in [2.75, 3.05) is 13.1 Å². The number of rotatable bonds is 6. The van der Waals surface area contributed by atoms with Gasteiger partial charge in [-0.15, -0.1) is 0 Å². The number of carbonyl (C=O) groups excluding carboxylic acids is 2. The quantitative estimate of drug-likeness (QED) is 0.610. The molecule has 31 heavy (non-hydrogen) atoms. The summed E-state index contributed by atoms with van der Waals surface area (Å²) in [4.78, 5) is 32.5. The van der Waals surface area contributed by atoms with Crippen molar-refractivity contribution in [3.8, 4) is 0 Å². The van der Waals surface area contributed by atoms with Gasteiger partial charge in [-0.3, -0.25) is 9.59 Å². The molecule has 1 saturated heterocycles. The van der Waals surface area contributed by atoms with E-state index in [-0.39, 0.29) is 11.8 Å². The molecule has 0 aliphatic carbocycles. The predicted octanol–water partition coefficient (Wildman–Crippen LogP) is 4.79. The molecule has 1 N–H and O–H groups in total. The molecular weight excluding hydrogens is 406 g/mol. The van der Waals surface area contributed by atoms with Crippen molar-refractivity contribution in [1.29, 1.82) is 0 Å². The van der Waals surface area contributed by atoms with Crippen LogP contribution in [0, 0.1) is 0 Å². The summed E-state index contributed by atoms with van der Waals surface area (Å²) in [7, 11) is 0. The van der Waals surface area contributed by atoms with Crippen LogP contribution >= 0.6 is 11.8 Å². The molecule has 158 valence electrons. The topological polar surface area (TPSA) is 62.3 Å². The normalized spacial score (nSPS) is 13.6. The first-order chi connectivity index (χ1) is 15.2. The molecule has 2 aromatic carbocycles. The molecule has 0 radical (unpaired) electrons. The maximum absolute atomic E-state index is 12.7. The Morgan fingerprint density at radius 3 is 2.45 bits per heavy atom. The average Bonchev–Trinajstić information content (AvgIpc) is 2.84. The molecule has 0 bridgehead atoms.